The van der Waals surface area contributed by atoms with Crippen molar-refractivity contribution in [2.75, 3.05) is 0 Å². The fourth-order valence-electron chi connectivity index (χ4n) is 1.38. The van der Waals surface area contributed by atoms with E-state index in [1.807, 2.05) is 11.4 Å². The lowest BCUT2D eigenvalue weighted by atomic mass is 10.3. The smallest absolute Gasteiger partial charge is 0.406 e. The lowest BCUT2D eigenvalue weighted by Gasteiger charge is -2.08. The predicted molar refractivity (Wildman–Crippen MR) is 77.5 cm³/mol. The Kier molecular flexibility index (Phi) is 4.82. The molecule has 0 aliphatic rings. The molecular formula is C13H9BrF3NOS. The summed E-state index contributed by atoms with van der Waals surface area (Å²) in [7, 11) is 0. The second-order valence-electron chi connectivity index (χ2n) is 3.74. The number of halogens is 4. The van der Waals surface area contributed by atoms with Gasteiger partial charge in [0.25, 0.3) is 0 Å². The number of thiol groups is 1. The molecule has 0 radical (unpaired) electrons. The maximum atomic E-state index is 12.0. The molecule has 7 heteroatoms. The van der Waals surface area contributed by atoms with E-state index in [9.17, 15) is 13.2 Å². The van der Waals surface area contributed by atoms with Crippen LogP contribution in [0.4, 0.5) is 13.2 Å². The molecule has 2 nitrogen and oxygen atoms in total. The van der Waals surface area contributed by atoms with E-state index in [2.05, 4.69) is 25.7 Å². The Balaban J connectivity index is 2.07. The number of benzene rings is 1. The lowest BCUT2D eigenvalue weighted by molar-refractivity contribution is -0.274. The second-order valence-corrected chi connectivity index (χ2v) is 5.68. The summed E-state index contributed by atoms with van der Waals surface area (Å²) in [6.45, 7) is 0. The number of ether oxygens (including phenoxy) is 1. The van der Waals surface area contributed by atoms with Gasteiger partial charge in [-0.05, 0) is 62.1 Å². The summed E-state index contributed by atoms with van der Waals surface area (Å²) in [4.78, 5) is 4.88. The highest BCUT2D eigenvalue weighted by molar-refractivity contribution is 9.10. The Morgan fingerprint density at radius 2 is 1.85 bits per heavy atom. The largest absolute Gasteiger partial charge is 0.573 e. The van der Waals surface area contributed by atoms with Crippen LogP contribution in [0.3, 0.4) is 0 Å². The van der Waals surface area contributed by atoms with Crippen LogP contribution >= 0.6 is 27.3 Å². The van der Waals surface area contributed by atoms with Crippen molar-refractivity contribution in [3.8, 4) is 5.75 Å². The van der Waals surface area contributed by atoms with Crippen molar-refractivity contribution in [2.24, 2.45) is 0 Å². The molecule has 0 spiro atoms. The van der Waals surface area contributed by atoms with Crippen molar-refractivity contribution >= 4 is 32.6 Å². The minimum atomic E-state index is -4.66. The van der Waals surface area contributed by atoms with Crippen molar-refractivity contribution in [1.29, 1.82) is 0 Å². The summed E-state index contributed by atoms with van der Waals surface area (Å²) in [6, 6.07) is 7.67. The number of alkyl halides is 3. The third-order valence-corrected chi connectivity index (χ3v) is 3.62. The summed E-state index contributed by atoms with van der Waals surface area (Å²) in [6.07, 6.45) is -1.27. The molecule has 0 unspecified atom stereocenters. The topological polar surface area (TPSA) is 22.1 Å². The third-order valence-electron chi connectivity index (χ3n) is 2.16. The molecule has 0 aliphatic heterocycles. The molecule has 0 aliphatic carbocycles. The van der Waals surface area contributed by atoms with E-state index in [1.54, 1.807) is 24.5 Å². The molecule has 0 atom stereocenters. The molecule has 20 heavy (non-hydrogen) atoms. The molecule has 0 amide bonds. The van der Waals surface area contributed by atoms with Crippen LogP contribution in [0.2, 0.25) is 0 Å². The fourth-order valence-corrected chi connectivity index (χ4v) is 2.52. The quantitative estimate of drug-likeness (QED) is 0.644. The number of hydrogen-bond acceptors (Lipinski definition) is 2. The van der Waals surface area contributed by atoms with Crippen molar-refractivity contribution in [3.05, 3.63) is 52.8 Å². The van der Waals surface area contributed by atoms with Gasteiger partial charge in [0, 0.05) is 16.9 Å². The van der Waals surface area contributed by atoms with Gasteiger partial charge in [-0.2, -0.15) is 11.4 Å². The molecule has 2 rings (SSSR count). The summed E-state index contributed by atoms with van der Waals surface area (Å²) in [5.41, 5.74) is 0.927. The lowest BCUT2D eigenvalue weighted by Crippen LogP contribution is -2.16. The van der Waals surface area contributed by atoms with Gasteiger partial charge in [0.2, 0.25) is 0 Å². The Hall–Kier alpha value is -1.34. The third kappa shape index (κ3) is 4.97. The Morgan fingerprint density at radius 1 is 1.15 bits per heavy atom. The first-order valence-electron chi connectivity index (χ1n) is 5.43. The van der Waals surface area contributed by atoms with E-state index in [1.165, 1.54) is 12.1 Å². The first-order valence-corrected chi connectivity index (χ1v) is 7.18. The highest BCUT2D eigenvalue weighted by Gasteiger charge is 2.30. The van der Waals surface area contributed by atoms with Crippen LogP contribution in [0.5, 0.6) is 5.75 Å². The van der Waals surface area contributed by atoms with Crippen molar-refractivity contribution in [3.63, 3.8) is 0 Å². The number of pyridine rings is 1. The normalized spacial score (nSPS) is 12.2. The van der Waals surface area contributed by atoms with Gasteiger partial charge in [0.1, 0.15) is 5.75 Å². The number of nitrogens with zero attached hydrogens (tertiary/aromatic N) is 1. The maximum Gasteiger partial charge on any atom is 0.573 e. The van der Waals surface area contributed by atoms with E-state index in [0.29, 0.717) is 0 Å². The number of rotatable bonds is 3. The molecule has 106 valence electrons. The first kappa shape index (κ1) is 15.1. The van der Waals surface area contributed by atoms with Crippen molar-refractivity contribution < 1.29 is 17.9 Å². The molecule has 0 N–H and O–H groups in total. The van der Waals surface area contributed by atoms with Gasteiger partial charge in [-0.1, -0.05) is 0 Å². The summed E-state index contributed by atoms with van der Waals surface area (Å²) in [5.74, 6) is -0.222. The Bertz CT molecular complexity index is 614. The molecular weight excluding hydrogens is 355 g/mol. The molecule has 0 saturated carbocycles. The molecule has 1 heterocycles. The standard InChI is InChI=1S/C13H9BrF3NOS/c14-10-5-9(6-18-7-10)8-20-12-3-1-11(2-4-12)19-13(15,16)17/h1-8,20H. The monoisotopic (exact) mass is 363 g/mol. The minimum absolute atomic E-state index is 0.222. The minimum Gasteiger partial charge on any atom is -0.406 e. The predicted octanol–water partition coefficient (Wildman–Crippen LogP) is 4.42. The van der Waals surface area contributed by atoms with E-state index in [-0.39, 0.29) is 5.75 Å². The van der Waals surface area contributed by atoms with Gasteiger partial charge in [-0.3, -0.25) is 4.98 Å². The highest BCUT2D eigenvalue weighted by atomic mass is 79.9. The summed E-state index contributed by atoms with van der Waals surface area (Å²) >= 11 is 4.18. The van der Waals surface area contributed by atoms with Crippen LogP contribution in [0.15, 0.2) is 52.1 Å². The maximum absolute atomic E-state index is 12.0. The molecule has 0 saturated heterocycles. The average Bonchev–Trinajstić information content (AvgIpc) is 2.36. The summed E-state index contributed by atoms with van der Waals surface area (Å²) in [5, 5.41) is 1.91. The van der Waals surface area contributed by atoms with Crippen molar-refractivity contribution in [1.82, 2.24) is 4.98 Å². The van der Waals surface area contributed by atoms with Crippen LogP contribution in [0, 0.1) is 0 Å². The Morgan fingerprint density at radius 3 is 2.45 bits per heavy atom. The highest BCUT2D eigenvalue weighted by Crippen LogP contribution is 2.24. The first-order chi connectivity index (χ1) is 9.42. The van der Waals surface area contributed by atoms with Crippen LogP contribution in [0.25, 0.3) is 0 Å². The van der Waals surface area contributed by atoms with E-state index in [0.717, 1.165) is 26.3 Å². The van der Waals surface area contributed by atoms with Crippen LogP contribution in [-0.4, -0.2) is 16.7 Å². The van der Waals surface area contributed by atoms with Crippen LogP contribution < -0.4 is 4.74 Å². The van der Waals surface area contributed by atoms with Gasteiger partial charge in [-0.25, -0.2) is 0 Å². The zero-order valence-corrected chi connectivity index (χ0v) is 12.4. The SMILES string of the molecule is FC(F)(F)Oc1ccc(/[SH]=C/c2cncc(Br)c2)cc1. The van der Waals surface area contributed by atoms with Crippen molar-refractivity contribution in [2.45, 2.75) is 11.3 Å². The van der Waals surface area contributed by atoms with E-state index in [4.69, 9.17) is 0 Å². The fraction of sp³-hybridized carbons (Fsp3) is 0.0769. The zero-order valence-electron chi connectivity index (χ0n) is 9.93. The average molecular weight is 364 g/mol. The van der Waals surface area contributed by atoms with Crippen LogP contribution in [0.1, 0.15) is 5.56 Å². The van der Waals surface area contributed by atoms with Gasteiger partial charge >= 0.3 is 6.36 Å². The Labute approximate surface area is 125 Å². The van der Waals surface area contributed by atoms with Gasteiger partial charge < -0.3 is 4.74 Å². The molecule has 1 aromatic carbocycles. The molecule has 2 aromatic rings. The van der Waals surface area contributed by atoms with E-state index >= 15 is 0 Å². The van der Waals surface area contributed by atoms with E-state index < -0.39 is 6.36 Å². The molecule has 0 fully saturated rings. The van der Waals surface area contributed by atoms with Gasteiger partial charge in [0.05, 0.1) is 0 Å². The second kappa shape index (κ2) is 6.41. The van der Waals surface area contributed by atoms with Crippen LogP contribution in [-0.2, 0) is 0 Å². The molecule has 0 bridgehead atoms. The molecule has 1 aromatic heterocycles. The zero-order chi connectivity index (χ0) is 14.6. The van der Waals surface area contributed by atoms with Gasteiger partial charge in [-0.15, -0.1) is 13.2 Å². The number of aromatic nitrogens is 1. The van der Waals surface area contributed by atoms with Gasteiger partial charge in [0.15, 0.2) is 0 Å². The summed E-state index contributed by atoms with van der Waals surface area (Å²) < 4.78 is 40.7. The number of hydrogen-bond donors (Lipinski definition) is 1.